The van der Waals surface area contributed by atoms with Crippen molar-refractivity contribution in [3.05, 3.63) is 22.3 Å². The lowest BCUT2D eigenvalue weighted by Gasteiger charge is -2.04. The number of hydrogen-bond acceptors (Lipinski definition) is 3. The zero-order valence-electron chi connectivity index (χ0n) is 10.3. The maximum Gasteiger partial charge on any atom is 0.310 e. The summed E-state index contributed by atoms with van der Waals surface area (Å²) in [5.74, 6) is -1.11. The summed E-state index contributed by atoms with van der Waals surface area (Å²) in [5, 5.41) is 19.1. The predicted molar refractivity (Wildman–Crippen MR) is 65.6 cm³/mol. The van der Waals surface area contributed by atoms with Crippen LogP contribution in [0, 0.1) is 10.1 Å². The topological polar surface area (TPSA) is 80.4 Å². The molecule has 17 heavy (non-hydrogen) atoms. The Morgan fingerprint density at radius 2 is 2.00 bits per heavy atom. The summed E-state index contributed by atoms with van der Waals surface area (Å²) < 4.78 is 0. The van der Waals surface area contributed by atoms with Gasteiger partial charge in [-0.3, -0.25) is 14.9 Å². The molecule has 0 bridgehead atoms. The van der Waals surface area contributed by atoms with E-state index in [4.69, 9.17) is 5.11 Å². The quantitative estimate of drug-likeness (QED) is 0.277. The standard InChI is InChI=1S/C12H21NO4/c1-2-3-4-5-6-7-8-9-11(13(16)17)10-12(14)15/h6-7,11H,2-5,8-10H2,1H3,(H,14,15)/b7-6-. The molecule has 0 saturated carbocycles. The molecule has 0 fully saturated rings. The zero-order valence-corrected chi connectivity index (χ0v) is 10.3. The zero-order chi connectivity index (χ0) is 13.1. The fourth-order valence-corrected chi connectivity index (χ4v) is 1.52. The lowest BCUT2D eigenvalue weighted by Crippen LogP contribution is -2.22. The average molecular weight is 243 g/mol. The Hall–Kier alpha value is -1.39. The third kappa shape index (κ3) is 9.53. The van der Waals surface area contributed by atoms with Gasteiger partial charge < -0.3 is 5.11 Å². The maximum absolute atomic E-state index is 10.6. The summed E-state index contributed by atoms with van der Waals surface area (Å²) in [6.07, 6.45) is 8.92. The van der Waals surface area contributed by atoms with Gasteiger partial charge >= 0.3 is 5.97 Å². The van der Waals surface area contributed by atoms with Gasteiger partial charge in [-0.1, -0.05) is 31.9 Å². The summed E-state index contributed by atoms with van der Waals surface area (Å²) in [7, 11) is 0. The molecule has 0 radical (unpaired) electrons. The van der Waals surface area contributed by atoms with Crippen molar-refractivity contribution in [2.45, 2.75) is 57.9 Å². The van der Waals surface area contributed by atoms with Gasteiger partial charge in [0.2, 0.25) is 6.04 Å². The fourth-order valence-electron chi connectivity index (χ4n) is 1.52. The van der Waals surface area contributed by atoms with Gasteiger partial charge in [-0.25, -0.2) is 0 Å². The molecule has 1 unspecified atom stereocenters. The summed E-state index contributed by atoms with van der Waals surface area (Å²) in [6, 6.07) is -0.965. The smallest absolute Gasteiger partial charge is 0.310 e. The molecular formula is C12H21NO4. The normalized spacial score (nSPS) is 12.8. The molecule has 0 heterocycles. The molecule has 1 atom stereocenters. The highest BCUT2D eigenvalue weighted by Gasteiger charge is 2.22. The number of carbonyl (C=O) groups is 1. The molecule has 98 valence electrons. The number of nitrogens with zero attached hydrogens (tertiary/aromatic N) is 1. The van der Waals surface area contributed by atoms with E-state index in [2.05, 4.69) is 6.92 Å². The highest BCUT2D eigenvalue weighted by molar-refractivity contribution is 5.67. The highest BCUT2D eigenvalue weighted by Crippen LogP contribution is 2.08. The van der Waals surface area contributed by atoms with E-state index < -0.39 is 23.4 Å². The minimum Gasteiger partial charge on any atom is -0.481 e. The lowest BCUT2D eigenvalue weighted by atomic mass is 10.1. The largest absolute Gasteiger partial charge is 0.481 e. The Kier molecular flexibility index (Phi) is 9.01. The van der Waals surface area contributed by atoms with Crippen LogP contribution in [0.15, 0.2) is 12.2 Å². The van der Waals surface area contributed by atoms with Crippen molar-refractivity contribution >= 4 is 5.97 Å². The van der Waals surface area contributed by atoms with Crippen LogP contribution in [0.25, 0.3) is 0 Å². The number of carboxylic acids is 1. The Morgan fingerprint density at radius 1 is 1.35 bits per heavy atom. The third-order valence-corrected chi connectivity index (χ3v) is 2.52. The summed E-state index contributed by atoms with van der Waals surface area (Å²) in [5.41, 5.74) is 0. The van der Waals surface area contributed by atoms with Crippen LogP contribution >= 0.6 is 0 Å². The molecule has 1 N–H and O–H groups in total. The third-order valence-electron chi connectivity index (χ3n) is 2.52. The van der Waals surface area contributed by atoms with Gasteiger partial charge in [0.1, 0.15) is 6.42 Å². The summed E-state index contributed by atoms with van der Waals surface area (Å²) in [6.45, 7) is 2.14. The van der Waals surface area contributed by atoms with Crippen molar-refractivity contribution < 1.29 is 14.8 Å². The van der Waals surface area contributed by atoms with Gasteiger partial charge in [0.25, 0.3) is 0 Å². The molecule has 0 spiro atoms. The SMILES string of the molecule is CCCCC/C=C\CCC(CC(=O)O)[N+](=O)[O-]. The summed E-state index contributed by atoms with van der Waals surface area (Å²) >= 11 is 0. The van der Waals surface area contributed by atoms with Crippen LogP contribution in [-0.4, -0.2) is 22.0 Å². The Bertz CT molecular complexity index is 263. The number of carboxylic acid groups (broad SMARTS) is 1. The van der Waals surface area contributed by atoms with Crippen molar-refractivity contribution in [3.63, 3.8) is 0 Å². The van der Waals surface area contributed by atoms with Gasteiger partial charge in [-0.05, 0) is 19.3 Å². The van der Waals surface area contributed by atoms with Crippen molar-refractivity contribution in [2.24, 2.45) is 0 Å². The number of unbranched alkanes of at least 4 members (excludes halogenated alkanes) is 3. The highest BCUT2D eigenvalue weighted by atomic mass is 16.6. The molecule has 0 aromatic rings. The van der Waals surface area contributed by atoms with Crippen LogP contribution in [0.2, 0.25) is 0 Å². The first-order valence-electron chi connectivity index (χ1n) is 6.08. The van der Waals surface area contributed by atoms with E-state index in [1.807, 2.05) is 12.2 Å². The fraction of sp³-hybridized carbons (Fsp3) is 0.750. The van der Waals surface area contributed by atoms with Gasteiger partial charge in [0.15, 0.2) is 0 Å². The molecule has 0 amide bonds. The van der Waals surface area contributed by atoms with Crippen LogP contribution < -0.4 is 0 Å². The second-order valence-corrected chi connectivity index (χ2v) is 4.08. The van der Waals surface area contributed by atoms with Crippen molar-refractivity contribution in [3.8, 4) is 0 Å². The number of nitro groups is 1. The van der Waals surface area contributed by atoms with Gasteiger partial charge in [0.05, 0.1) is 0 Å². The molecule has 5 heteroatoms. The average Bonchev–Trinajstić information content (AvgIpc) is 2.25. The van der Waals surface area contributed by atoms with Crippen molar-refractivity contribution in [2.75, 3.05) is 0 Å². The van der Waals surface area contributed by atoms with Crippen LogP contribution in [0.4, 0.5) is 0 Å². The van der Waals surface area contributed by atoms with E-state index in [-0.39, 0.29) is 0 Å². The first-order chi connectivity index (χ1) is 8.07. The Morgan fingerprint density at radius 3 is 2.53 bits per heavy atom. The Balaban J connectivity index is 3.74. The molecule has 0 aliphatic heterocycles. The second-order valence-electron chi connectivity index (χ2n) is 4.08. The van der Waals surface area contributed by atoms with Crippen LogP contribution in [0.3, 0.4) is 0 Å². The van der Waals surface area contributed by atoms with E-state index in [1.165, 1.54) is 12.8 Å². The lowest BCUT2D eigenvalue weighted by molar-refractivity contribution is -0.522. The number of aliphatic carboxylic acids is 1. The minimum absolute atomic E-state index is 0.295. The van der Waals surface area contributed by atoms with Crippen molar-refractivity contribution in [1.82, 2.24) is 0 Å². The number of hydrogen-bond donors (Lipinski definition) is 1. The molecule has 5 nitrogen and oxygen atoms in total. The monoisotopic (exact) mass is 243 g/mol. The molecule has 0 aliphatic carbocycles. The minimum atomic E-state index is -1.11. The van der Waals surface area contributed by atoms with Crippen molar-refractivity contribution in [1.29, 1.82) is 0 Å². The molecule has 0 saturated heterocycles. The van der Waals surface area contributed by atoms with E-state index in [1.54, 1.807) is 0 Å². The van der Waals surface area contributed by atoms with Gasteiger partial charge in [-0.2, -0.15) is 0 Å². The van der Waals surface area contributed by atoms with E-state index in [9.17, 15) is 14.9 Å². The number of allylic oxidation sites excluding steroid dienone is 2. The molecule has 0 aliphatic rings. The first kappa shape index (κ1) is 15.6. The van der Waals surface area contributed by atoms with E-state index >= 15 is 0 Å². The van der Waals surface area contributed by atoms with E-state index in [0.29, 0.717) is 12.8 Å². The number of rotatable bonds is 10. The molecule has 0 rings (SSSR count). The first-order valence-corrected chi connectivity index (χ1v) is 6.08. The van der Waals surface area contributed by atoms with E-state index in [0.717, 1.165) is 12.8 Å². The Labute approximate surface area is 102 Å². The van der Waals surface area contributed by atoms with Crippen LogP contribution in [0.1, 0.15) is 51.9 Å². The van der Waals surface area contributed by atoms with Gasteiger partial charge in [-0.15, -0.1) is 0 Å². The van der Waals surface area contributed by atoms with Crippen LogP contribution in [-0.2, 0) is 4.79 Å². The predicted octanol–water partition coefficient (Wildman–Crippen LogP) is 3.02. The maximum atomic E-state index is 10.6. The van der Waals surface area contributed by atoms with Crippen LogP contribution in [0.5, 0.6) is 0 Å². The molecular weight excluding hydrogens is 222 g/mol. The summed E-state index contributed by atoms with van der Waals surface area (Å²) in [4.78, 5) is 20.5. The second kappa shape index (κ2) is 9.81. The van der Waals surface area contributed by atoms with Gasteiger partial charge in [0, 0.05) is 11.3 Å². The molecule has 0 aromatic heterocycles. The molecule has 0 aromatic carbocycles.